The Morgan fingerprint density at radius 2 is 1.71 bits per heavy atom. The van der Waals surface area contributed by atoms with Crippen LogP contribution in [0.3, 0.4) is 0 Å². The molecule has 0 saturated carbocycles. The van der Waals surface area contributed by atoms with Crippen LogP contribution >= 0.6 is 15.9 Å². The first kappa shape index (κ1) is 14.2. The number of benzene rings is 3. The minimum Gasteiger partial charge on any atom is -0.378 e. The van der Waals surface area contributed by atoms with E-state index in [1.54, 1.807) is 0 Å². The summed E-state index contributed by atoms with van der Waals surface area (Å²) in [6.07, 6.45) is 1.04. The summed E-state index contributed by atoms with van der Waals surface area (Å²) in [4.78, 5) is 0. The van der Waals surface area contributed by atoms with Crippen LogP contribution in [0.1, 0.15) is 24.9 Å². The van der Waals surface area contributed by atoms with E-state index in [2.05, 4.69) is 94.9 Å². The minimum atomic E-state index is 0.323. The molecule has 1 atom stereocenters. The molecule has 1 unspecified atom stereocenters. The molecule has 1 N–H and O–H groups in total. The van der Waals surface area contributed by atoms with Gasteiger partial charge in [0.25, 0.3) is 0 Å². The van der Waals surface area contributed by atoms with E-state index < -0.39 is 0 Å². The molecule has 0 aliphatic carbocycles. The molecule has 106 valence electrons. The first-order valence-corrected chi connectivity index (χ1v) is 8.06. The molecule has 0 aromatic heterocycles. The molecule has 0 amide bonds. The summed E-state index contributed by atoms with van der Waals surface area (Å²) in [6, 6.07) is 23.8. The van der Waals surface area contributed by atoms with Crippen molar-refractivity contribution in [2.45, 2.75) is 19.4 Å². The highest BCUT2D eigenvalue weighted by Gasteiger charge is 2.09. The Morgan fingerprint density at radius 1 is 0.905 bits per heavy atom. The fraction of sp³-hybridized carbons (Fsp3) is 0.158. The summed E-state index contributed by atoms with van der Waals surface area (Å²) < 4.78 is 1.12. The third-order valence-electron chi connectivity index (χ3n) is 3.75. The number of halogens is 1. The first-order valence-electron chi connectivity index (χ1n) is 7.27. The minimum absolute atomic E-state index is 0.323. The molecule has 3 aromatic rings. The SMILES string of the molecule is CCC(Nc1ccc2ccccc2c1)c1cccc(Br)c1. The lowest BCUT2D eigenvalue weighted by Gasteiger charge is -2.19. The lowest BCUT2D eigenvalue weighted by atomic mass is 10.0. The van der Waals surface area contributed by atoms with Crippen molar-refractivity contribution in [2.24, 2.45) is 0 Å². The van der Waals surface area contributed by atoms with Gasteiger partial charge in [0.2, 0.25) is 0 Å². The van der Waals surface area contributed by atoms with Crippen molar-refractivity contribution in [2.75, 3.05) is 5.32 Å². The van der Waals surface area contributed by atoms with Crippen molar-refractivity contribution in [3.05, 3.63) is 76.8 Å². The lowest BCUT2D eigenvalue weighted by Crippen LogP contribution is -2.09. The third-order valence-corrected chi connectivity index (χ3v) is 4.24. The van der Waals surface area contributed by atoms with Gasteiger partial charge in [-0.25, -0.2) is 0 Å². The Kier molecular flexibility index (Phi) is 4.26. The summed E-state index contributed by atoms with van der Waals surface area (Å²) in [5.41, 5.74) is 2.47. The van der Waals surface area contributed by atoms with E-state index in [-0.39, 0.29) is 0 Å². The summed E-state index contributed by atoms with van der Waals surface area (Å²) >= 11 is 3.55. The van der Waals surface area contributed by atoms with E-state index in [9.17, 15) is 0 Å². The number of anilines is 1. The predicted molar refractivity (Wildman–Crippen MR) is 94.7 cm³/mol. The van der Waals surface area contributed by atoms with Gasteiger partial charge in [0.05, 0.1) is 6.04 Å². The second-order valence-electron chi connectivity index (χ2n) is 5.22. The Labute approximate surface area is 134 Å². The topological polar surface area (TPSA) is 12.0 Å². The van der Waals surface area contributed by atoms with E-state index in [4.69, 9.17) is 0 Å². The highest BCUT2D eigenvalue weighted by atomic mass is 79.9. The van der Waals surface area contributed by atoms with Crippen LogP contribution in [0, 0.1) is 0 Å². The van der Waals surface area contributed by atoms with Gasteiger partial charge in [0.1, 0.15) is 0 Å². The largest absolute Gasteiger partial charge is 0.378 e. The van der Waals surface area contributed by atoms with Crippen molar-refractivity contribution < 1.29 is 0 Å². The van der Waals surface area contributed by atoms with Crippen LogP contribution in [0.15, 0.2) is 71.2 Å². The quantitative estimate of drug-likeness (QED) is 0.599. The summed E-state index contributed by atoms with van der Waals surface area (Å²) in [6.45, 7) is 2.21. The molecule has 0 heterocycles. The van der Waals surface area contributed by atoms with Gasteiger partial charge < -0.3 is 5.32 Å². The molecule has 0 spiro atoms. The van der Waals surface area contributed by atoms with Crippen molar-refractivity contribution >= 4 is 32.4 Å². The molecule has 21 heavy (non-hydrogen) atoms. The number of rotatable bonds is 4. The van der Waals surface area contributed by atoms with E-state index in [1.165, 1.54) is 22.0 Å². The van der Waals surface area contributed by atoms with Gasteiger partial charge in [-0.15, -0.1) is 0 Å². The molecule has 0 radical (unpaired) electrons. The number of hydrogen-bond donors (Lipinski definition) is 1. The van der Waals surface area contributed by atoms with Gasteiger partial charge in [-0.3, -0.25) is 0 Å². The van der Waals surface area contributed by atoms with Crippen LogP contribution in [-0.4, -0.2) is 0 Å². The predicted octanol–water partition coefficient (Wildman–Crippen LogP) is 6.17. The van der Waals surface area contributed by atoms with Crippen molar-refractivity contribution in [3.8, 4) is 0 Å². The molecule has 3 rings (SSSR count). The summed E-state index contributed by atoms with van der Waals surface area (Å²) in [5.74, 6) is 0. The van der Waals surface area contributed by atoms with Crippen LogP contribution in [0.4, 0.5) is 5.69 Å². The zero-order chi connectivity index (χ0) is 14.7. The fourth-order valence-corrected chi connectivity index (χ4v) is 3.04. The Morgan fingerprint density at radius 3 is 2.48 bits per heavy atom. The first-order chi connectivity index (χ1) is 10.3. The average molecular weight is 340 g/mol. The summed E-state index contributed by atoms with van der Waals surface area (Å²) in [7, 11) is 0. The van der Waals surface area contributed by atoms with E-state index in [0.717, 1.165) is 10.9 Å². The molecular weight excluding hydrogens is 322 g/mol. The van der Waals surface area contributed by atoms with Crippen LogP contribution in [0.5, 0.6) is 0 Å². The lowest BCUT2D eigenvalue weighted by molar-refractivity contribution is 0.749. The second kappa shape index (κ2) is 6.31. The number of fused-ring (bicyclic) bond motifs is 1. The van der Waals surface area contributed by atoms with Crippen molar-refractivity contribution in [1.29, 1.82) is 0 Å². The van der Waals surface area contributed by atoms with E-state index >= 15 is 0 Å². The standard InChI is InChI=1S/C19H18BrN/c1-2-19(16-8-5-9-17(20)12-16)21-18-11-10-14-6-3-4-7-15(14)13-18/h3-13,19,21H,2H2,1H3. The normalized spacial score (nSPS) is 12.3. The Bertz CT molecular complexity index is 751. The molecular formula is C19H18BrN. The average Bonchev–Trinajstić information content (AvgIpc) is 2.52. The van der Waals surface area contributed by atoms with Gasteiger partial charge in [0.15, 0.2) is 0 Å². The zero-order valence-electron chi connectivity index (χ0n) is 12.0. The Hall–Kier alpha value is -1.80. The van der Waals surface area contributed by atoms with E-state index in [1.807, 2.05) is 0 Å². The monoisotopic (exact) mass is 339 g/mol. The molecule has 3 aromatic carbocycles. The number of hydrogen-bond acceptors (Lipinski definition) is 1. The maximum atomic E-state index is 3.64. The van der Waals surface area contributed by atoms with Crippen LogP contribution in [0.2, 0.25) is 0 Å². The van der Waals surface area contributed by atoms with Gasteiger partial charge in [-0.1, -0.05) is 65.3 Å². The molecule has 2 heteroatoms. The molecule has 0 saturated heterocycles. The summed E-state index contributed by atoms with van der Waals surface area (Å²) in [5, 5.41) is 6.19. The van der Waals surface area contributed by atoms with Gasteiger partial charge in [-0.2, -0.15) is 0 Å². The second-order valence-corrected chi connectivity index (χ2v) is 6.14. The Balaban J connectivity index is 1.88. The smallest absolute Gasteiger partial charge is 0.0511 e. The van der Waals surface area contributed by atoms with Crippen LogP contribution < -0.4 is 5.32 Å². The van der Waals surface area contributed by atoms with Gasteiger partial charge in [0, 0.05) is 10.2 Å². The zero-order valence-corrected chi connectivity index (χ0v) is 13.6. The molecule has 0 fully saturated rings. The fourth-order valence-electron chi connectivity index (χ4n) is 2.62. The molecule has 0 aliphatic rings. The highest BCUT2D eigenvalue weighted by molar-refractivity contribution is 9.10. The van der Waals surface area contributed by atoms with Crippen LogP contribution in [0.25, 0.3) is 10.8 Å². The molecule has 0 aliphatic heterocycles. The third kappa shape index (κ3) is 3.27. The maximum absolute atomic E-state index is 3.64. The van der Waals surface area contributed by atoms with Gasteiger partial charge >= 0.3 is 0 Å². The maximum Gasteiger partial charge on any atom is 0.0511 e. The molecule has 1 nitrogen and oxygen atoms in total. The highest BCUT2D eigenvalue weighted by Crippen LogP contribution is 2.26. The molecule has 0 bridgehead atoms. The van der Waals surface area contributed by atoms with Crippen LogP contribution in [-0.2, 0) is 0 Å². The van der Waals surface area contributed by atoms with Gasteiger partial charge in [-0.05, 0) is 47.0 Å². The number of nitrogens with one attached hydrogen (secondary N) is 1. The van der Waals surface area contributed by atoms with Crippen molar-refractivity contribution in [1.82, 2.24) is 0 Å². The van der Waals surface area contributed by atoms with Crippen molar-refractivity contribution in [3.63, 3.8) is 0 Å². The van der Waals surface area contributed by atoms with E-state index in [0.29, 0.717) is 6.04 Å².